The smallest absolute Gasteiger partial charge is 0.271 e. The molecule has 1 aromatic heterocycles. The Morgan fingerprint density at radius 2 is 1.91 bits per heavy atom. The number of nitrogens with one attached hydrogen (secondary N) is 1. The lowest BCUT2D eigenvalue weighted by molar-refractivity contribution is -0.133. The molecule has 174 valence electrons. The summed E-state index contributed by atoms with van der Waals surface area (Å²) < 4.78 is 7.54. The first-order valence-corrected chi connectivity index (χ1v) is 11.7. The lowest BCUT2D eigenvalue weighted by Crippen LogP contribution is -2.63. The number of para-hydroxylation sites is 1. The van der Waals surface area contributed by atoms with Crippen molar-refractivity contribution < 1.29 is 14.3 Å². The van der Waals surface area contributed by atoms with E-state index in [0.29, 0.717) is 43.4 Å². The summed E-state index contributed by atoms with van der Waals surface area (Å²) in [7, 11) is 0. The van der Waals surface area contributed by atoms with E-state index >= 15 is 0 Å². The molecule has 0 radical (unpaired) electrons. The van der Waals surface area contributed by atoms with Gasteiger partial charge in [-0.05, 0) is 57.0 Å². The average molecular weight is 468 g/mol. The van der Waals surface area contributed by atoms with Gasteiger partial charge >= 0.3 is 0 Å². The molecule has 1 aliphatic heterocycles. The molecule has 4 rings (SSSR count). The van der Waals surface area contributed by atoms with Gasteiger partial charge in [0.1, 0.15) is 11.2 Å². The van der Waals surface area contributed by atoms with Crippen LogP contribution >= 0.6 is 11.6 Å². The van der Waals surface area contributed by atoms with Crippen LogP contribution in [0.1, 0.15) is 43.2 Å². The Bertz CT molecular complexity index is 1160. The highest BCUT2D eigenvalue weighted by atomic mass is 35.5. The SMILES string of the molecule is CC(C)OCCCNC(=O)[C@@]1(C)Cn2c(cc3ccccc32)C(=O)N1Cc1ccc(Cl)cc1. The molecule has 1 N–H and O–H groups in total. The molecule has 0 bridgehead atoms. The summed E-state index contributed by atoms with van der Waals surface area (Å²) in [5, 5.41) is 4.66. The van der Waals surface area contributed by atoms with Gasteiger partial charge in [-0.3, -0.25) is 9.59 Å². The fourth-order valence-corrected chi connectivity index (χ4v) is 4.44. The van der Waals surface area contributed by atoms with Gasteiger partial charge in [0.15, 0.2) is 0 Å². The molecule has 0 unspecified atom stereocenters. The van der Waals surface area contributed by atoms with Crippen LogP contribution in [0.25, 0.3) is 10.9 Å². The largest absolute Gasteiger partial charge is 0.379 e. The summed E-state index contributed by atoms with van der Waals surface area (Å²) in [6.45, 7) is 7.58. The molecule has 0 fully saturated rings. The lowest BCUT2D eigenvalue weighted by Gasteiger charge is -2.44. The molecule has 1 atom stereocenters. The molecule has 2 heterocycles. The van der Waals surface area contributed by atoms with E-state index in [1.54, 1.807) is 17.0 Å². The van der Waals surface area contributed by atoms with Crippen LogP contribution in [0, 0.1) is 0 Å². The highest BCUT2D eigenvalue weighted by Gasteiger charge is 2.47. The van der Waals surface area contributed by atoms with Gasteiger partial charge in [-0.2, -0.15) is 0 Å². The predicted molar refractivity (Wildman–Crippen MR) is 130 cm³/mol. The summed E-state index contributed by atoms with van der Waals surface area (Å²) in [5.41, 5.74) is 1.42. The summed E-state index contributed by atoms with van der Waals surface area (Å²) in [5.74, 6) is -0.328. The zero-order valence-electron chi connectivity index (χ0n) is 19.3. The van der Waals surface area contributed by atoms with E-state index in [9.17, 15) is 9.59 Å². The van der Waals surface area contributed by atoms with Gasteiger partial charge in [0, 0.05) is 35.6 Å². The van der Waals surface area contributed by atoms with Crippen LogP contribution in [0.5, 0.6) is 0 Å². The number of fused-ring (bicyclic) bond motifs is 3. The Balaban J connectivity index is 1.64. The van der Waals surface area contributed by atoms with Crippen LogP contribution < -0.4 is 5.32 Å². The van der Waals surface area contributed by atoms with Gasteiger partial charge in [0.2, 0.25) is 5.91 Å². The summed E-state index contributed by atoms with van der Waals surface area (Å²) in [6.07, 6.45) is 0.868. The van der Waals surface area contributed by atoms with E-state index in [1.807, 2.05) is 67.8 Å². The van der Waals surface area contributed by atoms with Gasteiger partial charge in [-0.25, -0.2) is 0 Å². The summed E-state index contributed by atoms with van der Waals surface area (Å²) in [4.78, 5) is 28.9. The normalized spacial score (nSPS) is 18.1. The van der Waals surface area contributed by atoms with Gasteiger partial charge in [-0.15, -0.1) is 0 Å². The third-order valence-electron chi connectivity index (χ3n) is 6.14. The topological polar surface area (TPSA) is 63.6 Å². The Morgan fingerprint density at radius 1 is 1.18 bits per heavy atom. The minimum absolute atomic E-state index is 0.157. The molecule has 0 saturated carbocycles. The van der Waals surface area contributed by atoms with Crippen LogP contribution in [0.3, 0.4) is 0 Å². The highest BCUT2D eigenvalue weighted by Crippen LogP contribution is 2.33. The fraction of sp³-hybridized carbons (Fsp3) is 0.385. The number of rotatable bonds is 8. The Labute approximate surface area is 199 Å². The molecule has 2 aromatic carbocycles. The van der Waals surface area contributed by atoms with Crippen LogP contribution in [-0.4, -0.2) is 46.1 Å². The van der Waals surface area contributed by atoms with E-state index in [1.165, 1.54) is 0 Å². The minimum atomic E-state index is -1.05. The molecule has 33 heavy (non-hydrogen) atoms. The second-order valence-electron chi connectivity index (χ2n) is 9.00. The Hall–Kier alpha value is -2.83. The van der Waals surface area contributed by atoms with E-state index in [-0.39, 0.29) is 17.9 Å². The molecule has 2 amide bonds. The van der Waals surface area contributed by atoms with Crippen molar-refractivity contribution in [2.24, 2.45) is 0 Å². The summed E-state index contributed by atoms with van der Waals surface area (Å²) >= 11 is 6.05. The number of hydrogen-bond acceptors (Lipinski definition) is 3. The lowest BCUT2D eigenvalue weighted by atomic mass is 9.93. The molecule has 7 heteroatoms. The van der Waals surface area contributed by atoms with E-state index in [2.05, 4.69) is 5.32 Å². The molecule has 6 nitrogen and oxygen atoms in total. The minimum Gasteiger partial charge on any atom is -0.379 e. The number of ether oxygens (including phenoxy) is 1. The first-order valence-electron chi connectivity index (χ1n) is 11.3. The molecular formula is C26H30ClN3O3. The molecule has 3 aromatic rings. The molecule has 0 spiro atoms. The van der Waals surface area contributed by atoms with Crippen molar-refractivity contribution in [1.29, 1.82) is 0 Å². The Morgan fingerprint density at radius 3 is 2.64 bits per heavy atom. The number of hydrogen-bond donors (Lipinski definition) is 1. The first-order chi connectivity index (χ1) is 15.8. The van der Waals surface area contributed by atoms with E-state index < -0.39 is 5.54 Å². The number of nitrogens with zero attached hydrogens (tertiary/aromatic N) is 2. The van der Waals surface area contributed by atoms with Gasteiger partial charge < -0.3 is 19.5 Å². The first kappa shape index (κ1) is 23.3. The number of aromatic nitrogens is 1. The second kappa shape index (κ2) is 9.57. The van der Waals surface area contributed by atoms with Gasteiger partial charge in [0.25, 0.3) is 5.91 Å². The van der Waals surface area contributed by atoms with Gasteiger partial charge in [0.05, 0.1) is 12.6 Å². The fourth-order valence-electron chi connectivity index (χ4n) is 4.31. The van der Waals surface area contributed by atoms with Crippen molar-refractivity contribution in [3.63, 3.8) is 0 Å². The Kier molecular flexibility index (Phi) is 6.77. The zero-order valence-corrected chi connectivity index (χ0v) is 20.1. The zero-order chi connectivity index (χ0) is 23.6. The van der Waals surface area contributed by atoms with Crippen molar-refractivity contribution >= 4 is 34.3 Å². The molecule has 0 saturated heterocycles. The van der Waals surface area contributed by atoms with Crippen molar-refractivity contribution in [3.05, 3.63) is 70.9 Å². The maximum absolute atomic E-state index is 13.7. The van der Waals surface area contributed by atoms with Crippen molar-refractivity contribution in [3.8, 4) is 0 Å². The number of carbonyl (C=O) groups is 2. The molecule has 1 aliphatic rings. The number of carbonyl (C=O) groups excluding carboxylic acids is 2. The van der Waals surface area contributed by atoms with Crippen LogP contribution in [0.2, 0.25) is 5.02 Å². The average Bonchev–Trinajstić information content (AvgIpc) is 3.16. The third kappa shape index (κ3) is 4.77. The number of amides is 2. The van der Waals surface area contributed by atoms with Crippen LogP contribution in [-0.2, 0) is 22.6 Å². The van der Waals surface area contributed by atoms with Crippen molar-refractivity contribution in [2.75, 3.05) is 13.2 Å². The monoisotopic (exact) mass is 467 g/mol. The van der Waals surface area contributed by atoms with E-state index in [0.717, 1.165) is 16.5 Å². The van der Waals surface area contributed by atoms with Crippen molar-refractivity contribution in [1.82, 2.24) is 14.8 Å². The van der Waals surface area contributed by atoms with E-state index in [4.69, 9.17) is 16.3 Å². The van der Waals surface area contributed by atoms with Gasteiger partial charge in [-0.1, -0.05) is 41.9 Å². The highest BCUT2D eigenvalue weighted by molar-refractivity contribution is 6.30. The third-order valence-corrected chi connectivity index (χ3v) is 6.39. The predicted octanol–water partition coefficient (Wildman–Crippen LogP) is 4.64. The maximum Gasteiger partial charge on any atom is 0.271 e. The van der Waals surface area contributed by atoms with Crippen LogP contribution in [0.4, 0.5) is 0 Å². The maximum atomic E-state index is 13.7. The quantitative estimate of drug-likeness (QED) is 0.491. The van der Waals surface area contributed by atoms with Crippen molar-refractivity contribution in [2.45, 2.75) is 51.9 Å². The van der Waals surface area contributed by atoms with Crippen LogP contribution in [0.15, 0.2) is 54.6 Å². The second-order valence-corrected chi connectivity index (χ2v) is 9.43. The summed E-state index contributed by atoms with van der Waals surface area (Å²) in [6, 6.07) is 17.2. The standard InChI is InChI=1S/C26H30ClN3O3/c1-18(2)33-14-6-13-28-25(32)26(3)17-29-22-8-5-4-7-20(22)15-23(29)24(31)30(26)16-19-9-11-21(27)12-10-19/h4-5,7-12,15,18H,6,13-14,16-17H2,1-3H3,(H,28,32)/t26-/m1/s1. The molecular weight excluding hydrogens is 438 g/mol. The molecule has 0 aliphatic carbocycles. The number of benzene rings is 2. The number of halogens is 1.